The van der Waals surface area contributed by atoms with E-state index in [1.807, 2.05) is 6.07 Å². The van der Waals surface area contributed by atoms with Crippen LogP contribution >= 0.6 is 0 Å². The van der Waals surface area contributed by atoms with Crippen molar-refractivity contribution in [2.24, 2.45) is 0 Å². The summed E-state index contributed by atoms with van der Waals surface area (Å²) in [5.74, 6) is 0.437. The van der Waals surface area contributed by atoms with E-state index in [9.17, 15) is 4.39 Å². The zero-order valence-corrected chi connectivity index (χ0v) is 9.86. The highest BCUT2D eigenvalue weighted by Gasteiger charge is 2.32. The summed E-state index contributed by atoms with van der Waals surface area (Å²) in [7, 11) is 0. The molecular weight excluding hydrogens is 217 g/mol. The number of hydrogen-bond acceptors (Lipinski definition) is 2. The van der Waals surface area contributed by atoms with Gasteiger partial charge in [-0.25, -0.2) is 4.39 Å². The topological polar surface area (TPSA) is 21.3 Å². The number of piperidine rings is 2. The Labute approximate surface area is 101 Å². The van der Waals surface area contributed by atoms with Crippen LogP contribution in [0.25, 0.3) is 0 Å². The smallest absolute Gasteiger partial charge is 0.126 e. The highest BCUT2D eigenvalue weighted by atomic mass is 19.1. The molecule has 0 spiro atoms. The van der Waals surface area contributed by atoms with Gasteiger partial charge >= 0.3 is 0 Å². The van der Waals surface area contributed by atoms with Gasteiger partial charge in [-0.2, -0.15) is 0 Å². The lowest BCUT2D eigenvalue weighted by molar-refractivity contribution is 0.0925. The van der Waals surface area contributed by atoms with Gasteiger partial charge in [0.25, 0.3) is 0 Å². The van der Waals surface area contributed by atoms with E-state index in [1.54, 1.807) is 6.07 Å². The van der Waals surface area contributed by atoms with Crippen molar-refractivity contribution in [1.29, 1.82) is 0 Å². The van der Waals surface area contributed by atoms with Gasteiger partial charge in [0.05, 0.1) is 0 Å². The minimum absolute atomic E-state index is 0.225. The summed E-state index contributed by atoms with van der Waals surface area (Å²) in [5.41, 5.74) is 0. The maximum Gasteiger partial charge on any atom is 0.126 e. The van der Waals surface area contributed by atoms with Crippen LogP contribution in [0.2, 0.25) is 0 Å². The van der Waals surface area contributed by atoms with Gasteiger partial charge in [-0.05, 0) is 37.8 Å². The van der Waals surface area contributed by atoms with Crippen LogP contribution in [0, 0.1) is 5.82 Å². The number of rotatable bonds is 2. The van der Waals surface area contributed by atoms with Gasteiger partial charge in [0.1, 0.15) is 17.7 Å². The molecule has 2 saturated heterocycles. The zero-order valence-electron chi connectivity index (χ0n) is 9.86. The molecule has 3 heteroatoms. The van der Waals surface area contributed by atoms with Gasteiger partial charge in [0, 0.05) is 18.2 Å². The Kier molecular flexibility index (Phi) is 3.02. The molecule has 92 valence electrons. The lowest BCUT2D eigenvalue weighted by Crippen LogP contribution is -2.51. The second kappa shape index (κ2) is 4.65. The first-order valence-electron chi connectivity index (χ1n) is 6.48. The van der Waals surface area contributed by atoms with E-state index in [0.717, 1.165) is 12.8 Å². The molecule has 2 aliphatic heterocycles. The van der Waals surface area contributed by atoms with Crippen molar-refractivity contribution in [1.82, 2.24) is 5.32 Å². The Hall–Kier alpha value is -1.09. The van der Waals surface area contributed by atoms with Gasteiger partial charge in [0.2, 0.25) is 0 Å². The molecule has 0 amide bonds. The lowest BCUT2D eigenvalue weighted by atomic mass is 9.85. The molecule has 0 aromatic heterocycles. The number of nitrogens with one attached hydrogen (secondary N) is 1. The average molecular weight is 235 g/mol. The standard InChI is InChI=1S/C14H18FNO/c15-10-3-1-6-13(7-10)17-14-8-11-4-2-5-12(9-14)16-11/h1,3,6-7,11-12,14,16H,2,4-5,8-9H2. The van der Waals surface area contributed by atoms with Gasteiger partial charge in [0.15, 0.2) is 0 Å². The molecule has 2 fully saturated rings. The molecule has 2 aliphatic rings. The molecule has 0 radical (unpaired) electrons. The summed E-state index contributed by atoms with van der Waals surface area (Å²) in [6.45, 7) is 0. The third-order valence-electron chi connectivity index (χ3n) is 3.77. The van der Waals surface area contributed by atoms with Crippen molar-refractivity contribution < 1.29 is 9.13 Å². The Balaban J connectivity index is 1.65. The Bertz CT molecular complexity index is 384. The van der Waals surface area contributed by atoms with E-state index < -0.39 is 0 Å². The SMILES string of the molecule is Fc1cccc(OC2CC3CCCC(C2)N3)c1. The normalized spacial score (nSPS) is 32.2. The van der Waals surface area contributed by atoms with E-state index >= 15 is 0 Å². The van der Waals surface area contributed by atoms with E-state index in [1.165, 1.54) is 31.4 Å². The quantitative estimate of drug-likeness (QED) is 0.851. The average Bonchev–Trinajstić information content (AvgIpc) is 2.28. The van der Waals surface area contributed by atoms with Crippen LogP contribution in [0.15, 0.2) is 24.3 Å². The predicted molar refractivity (Wildman–Crippen MR) is 64.6 cm³/mol. The van der Waals surface area contributed by atoms with Crippen LogP contribution in [0.5, 0.6) is 5.75 Å². The van der Waals surface area contributed by atoms with E-state index in [2.05, 4.69) is 5.32 Å². The minimum Gasteiger partial charge on any atom is -0.490 e. The van der Waals surface area contributed by atoms with E-state index in [0.29, 0.717) is 17.8 Å². The first-order valence-corrected chi connectivity index (χ1v) is 6.48. The van der Waals surface area contributed by atoms with Gasteiger partial charge in [-0.3, -0.25) is 0 Å². The molecule has 2 heterocycles. The van der Waals surface area contributed by atoms with Crippen molar-refractivity contribution in [3.63, 3.8) is 0 Å². The van der Waals surface area contributed by atoms with Gasteiger partial charge in [-0.1, -0.05) is 12.5 Å². The summed E-state index contributed by atoms with van der Waals surface area (Å²) in [5, 5.41) is 3.63. The number of benzene rings is 1. The van der Waals surface area contributed by atoms with Crippen molar-refractivity contribution in [2.75, 3.05) is 0 Å². The molecule has 17 heavy (non-hydrogen) atoms. The fourth-order valence-corrected chi connectivity index (χ4v) is 3.04. The molecule has 1 aromatic rings. The molecule has 0 saturated carbocycles. The maximum absolute atomic E-state index is 13.1. The number of fused-ring (bicyclic) bond motifs is 2. The summed E-state index contributed by atoms with van der Waals surface area (Å²) >= 11 is 0. The van der Waals surface area contributed by atoms with Crippen molar-refractivity contribution in [3.05, 3.63) is 30.1 Å². The highest BCUT2D eigenvalue weighted by Crippen LogP contribution is 2.28. The zero-order chi connectivity index (χ0) is 11.7. The molecule has 2 unspecified atom stereocenters. The predicted octanol–water partition coefficient (Wildman–Crippen LogP) is 2.88. The summed E-state index contributed by atoms with van der Waals surface area (Å²) in [6.07, 6.45) is 6.17. The fraction of sp³-hybridized carbons (Fsp3) is 0.571. The fourth-order valence-electron chi connectivity index (χ4n) is 3.04. The van der Waals surface area contributed by atoms with Crippen molar-refractivity contribution >= 4 is 0 Å². The second-order valence-corrected chi connectivity index (χ2v) is 5.16. The summed E-state index contributed by atoms with van der Waals surface area (Å²) in [4.78, 5) is 0. The van der Waals surface area contributed by atoms with E-state index in [4.69, 9.17) is 4.74 Å². The molecule has 1 aromatic carbocycles. The molecule has 3 rings (SSSR count). The van der Waals surface area contributed by atoms with Crippen LogP contribution in [0.3, 0.4) is 0 Å². The Morgan fingerprint density at radius 2 is 1.94 bits per heavy atom. The molecular formula is C14H18FNO. The van der Waals surface area contributed by atoms with Crippen LogP contribution < -0.4 is 10.1 Å². The summed E-state index contributed by atoms with van der Waals surface area (Å²) in [6, 6.07) is 7.65. The third kappa shape index (κ3) is 2.60. The number of hydrogen-bond donors (Lipinski definition) is 1. The monoisotopic (exact) mass is 235 g/mol. The number of ether oxygens (including phenoxy) is 1. The molecule has 2 bridgehead atoms. The van der Waals surface area contributed by atoms with Crippen LogP contribution in [0.1, 0.15) is 32.1 Å². The maximum atomic E-state index is 13.1. The van der Waals surface area contributed by atoms with Crippen LogP contribution in [-0.2, 0) is 0 Å². The van der Waals surface area contributed by atoms with E-state index in [-0.39, 0.29) is 11.9 Å². The van der Waals surface area contributed by atoms with Crippen LogP contribution in [0.4, 0.5) is 4.39 Å². The van der Waals surface area contributed by atoms with Gasteiger partial charge in [-0.15, -0.1) is 0 Å². The second-order valence-electron chi connectivity index (χ2n) is 5.16. The lowest BCUT2D eigenvalue weighted by Gasteiger charge is -2.40. The Morgan fingerprint density at radius 1 is 1.18 bits per heavy atom. The first-order chi connectivity index (χ1) is 8.29. The largest absolute Gasteiger partial charge is 0.490 e. The summed E-state index contributed by atoms with van der Waals surface area (Å²) < 4.78 is 19.0. The molecule has 0 aliphatic carbocycles. The molecule has 1 N–H and O–H groups in total. The van der Waals surface area contributed by atoms with Crippen LogP contribution in [-0.4, -0.2) is 18.2 Å². The first kappa shape index (κ1) is 11.0. The van der Waals surface area contributed by atoms with Gasteiger partial charge < -0.3 is 10.1 Å². The minimum atomic E-state index is -0.225. The molecule has 2 atom stereocenters. The number of halogens is 1. The third-order valence-corrected chi connectivity index (χ3v) is 3.77. The van der Waals surface area contributed by atoms with Crippen molar-refractivity contribution in [2.45, 2.75) is 50.3 Å². The van der Waals surface area contributed by atoms with Crippen molar-refractivity contribution in [3.8, 4) is 5.75 Å². The Morgan fingerprint density at radius 3 is 2.65 bits per heavy atom. The molecule has 2 nitrogen and oxygen atoms in total. The highest BCUT2D eigenvalue weighted by molar-refractivity contribution is 5.22.